The van der Waals surface area contributed by atoms with Crippen LogP contribution in [0.4, 0.5) is 29.0 Å². The van der Waals surface area contributed by atoms with Gasteiger partial charge in [-0.15, -0.1) is 0 Å². The molecule has 7 fully saturated rings. The molecule has 131 heavy (non-hydrogen) atoms. The van der Waals surface area contributed by atoms with Gasteiger partial charge in [0.05, 0.1) is 51.7 Å². The molecule has 15 heterocycles. The lowest BCUT2D eigenvalue weighted by atomic mass is 10.0. The Labute approximate surface area is 802 Å². The second-order valence-electron chi connectivity index (χ2n) is 33.8. The van der Waals surface area contributed by atoms with Crippen molar-refractivity contribution in [2.45, 2.75) is 64.0 Å². The largest absolute Gasteiger partial charge is 0.497 e. The zero-order valence-electron chi connectivity index (χ0n) is 73.4. The van der Waals surface area contributed by atoms with Crippen molar-refractivity contribution in [2.75, 3.05) is 196 Å². The number of carbonyl (C=O) groups is 2. The van der Waals surface area contributed by atoms with E-state index in [1.54, 1.807) is 31.4 Å². The normalized spacial score (nSPS) is 17.5. The summed E-state index contributed by atoms with van der Waals surface area (Å²) < 4.78 is 24.7. The van der Waals surface area contributed by atoms with Gasteiger partial charge in [0, 0.05) is 272 Å². The quantitative estimate of drug-likeness (QED) is 0.0622. The minimum Gasteiger partial charge on any atom is -0.497 e. The van der Waals surface area contributed by atoms with Gasteiger partial charge in [-0.2, -0.15) is 0 Å². The van der Waals surface area contributed by atoms with Gasteiger partial charge in [-0.05, 0) is 165 Å². The number of fused-ring (bicyclic) bond motifs is 4. The van der Waals surface area contributed by atoms with Crippen LogP contribution >= 0.6 is 92.8 Å². The van der Waals surface area contributed by atoms with E-state index in [1.807, 2.05) is 120 Å². The number of amides is 2. The summed E-state index contributed by atoms with van der Waals surface area (Å²) in [6.45, 7) is 21.7. The van der Waals surface area contributed by atoms with Gasteiger partial charge in [-0.25, -0.2) is 19.9 Å². The van der Waals surface area contributed by atoms with Crippen LogP contribution in [0.1, 0.15) is 47.9 Å². The van der Waals surface area contributed by atoms with Gasteiger partial charge in [0.25, 0.3) is 5.91 Å². The number of aromatic nitrogens is 8. The van der Waals surface area contributed by atoms with E-state index in [4.69, 9.17) is 130 Å². The fraction of sp³-hybridized carbons (Fsp3) is 0.375. The molecular weight excluding hydrogens is 1820 g/mol. The van der Waals surface area contributed by atoms with E-state index in [-0.39, 0.29) is 17.9 Å². The van der Waals surface area contributed by atoms with Crippen LogP contribution < -0.4 is 52.2 Å². The van der Waals surface area contributed by atoms with Gasteiger partial charge in [-0.1, -0.05) is 117 Å². The molecule has 0 aliphatic carbocycles. The summed E-state index contributed by atoms with van der Waals surface area (Å²) in [5.74, 6) is 5.37. The highest BCUT2D eigenvalue weighted by atomic mass is 35.5. The number of piperazine rings is 4. The van der Waals surface area contributed by atoms with Gasteiger partial charge in [-0.3, -0.25) is 37.0 Å². The van der Waals surface area contributed by atoms with Crippen molar-refractivity contribution < 1.29 is 23.8 Å². The van der Waals surface area contributed by atoms with Crippen LogP contribution in [0.2, 0.25) is 40.2 Å². The van der Waals surface area contributed by atoms with Crippen molar-refractivity contribution in [3.8, 4) is 50.3 Å². The van der Waals surface area contributed by atoms with E-state index in [0.717, 1.165) is 229 Å². The number of pyridine rings is 4. The fourth-order valence-electron chi connectivity index (χ4n) is 18.6. The standard InChI is InChI=1S/C25H25Cl2N5O.C24H28Cl2N6O2.C24H30Cl2N6.C23H25Cl2N5O2/c1-33-20-5-3-19(4-6-20)30-8-10-31(11-9-30)25-15-29-24-12-17(14-28)22(16-32(24)25)21-7-2-18(26)13-23(21)27;25-18-1-2-19(21(26)12-18)20-15-32-22(11-17(20)13-27)28-14-23(32)30-5-3-29(4-6-30)16-24(33)31-7-9-34-10-8-31;1-29-6-4-19(5-7-29)30-8-10-31(11-9-30)24-15-28-23-12-17(14-27)21(16-32(23)24)20-3-2-18(25)13-22(20)26;24-16-3-4-17(19(25)11-16)18-14-30-21(10-15(18)12-26)27-13-22(30)28-5-7-29(8-6-28)23(31)20-2-1-9-32-20/h2-7,12-13,15-16H,8-11,14,28H2,1H3;1-2,11-12,14-15H,3-10,13,16,27H2;2-3,12-13,15-16,19H,4-11,14,27H2,1H3;3-4,10-11,13-14,20H,1-2,5-9,12,26H2. The maximum atomic E-state index is 12.7. The third-order valence-corrected chi connectivity index (χ3v) is 28.2. The van der Waals surface area contributed by atoms with E-state index >= 15 is 0 Å². The van der Waals surface area contributed by atoms with Crippen LogP contribution in [0, 0.1) is 0 Å². The molecular formula is C96H108Cl8N22O5. The Bertz CT molecular complexity index is 6200. The molecule has 1 atom stereocenters. The molecule has 7 aliphatic heterocycles. The van der Waals surface area contributed by atoms with E-state index in [9.17, 15) is 9.59 Å². The van der Waals surface area contributed by atoms with Gasteiger partial charge in [0.1, 0.15) is 57.7 Å². The monoisotopic (exact) mass is 1930 g/mol. The number of rotatable bonds is 18. The van der Waals surface area contributed by atoms with Crippen molar-refractivity contribution in [1.29, 1.82) is 0 Å². The lowest BCUT2D eigenvalue weighted by molar-refractivity contribution is -0.141. The molecule has 2 amide bonds. The SMILES string of the molecule is CN1CCC(N2CCN(c3cnc4cc(CN)c(-c5ccc(Cl)cc5Cl)cn34)CC2)CC1.COc1ccc(N2CCN(c3cnc4cc(CN)c(-c5ccc(Cl)cc5Cl)cn34)CC2)cc1.NCc1cc2ncc(N3CCN(C(=O)C4CCCO4)CC3)n2cc1-c1ccc(Cl)cc1Cl.NCc1cc2ncc(N3CCN(CC(=O)N4CCOCC4)CC3)n2cc1-c1ccc(Cl)cc1Cl. The average Bonchev–Trinajstić information content (AvgIpc) is 1.64. The van der Waals surface area contributed by atoms with E-state index in [2.05, 4.69) is 121 Å². The maximum absolute atomic E-state index is 12.7. The highest BCUT2D eigenvalue weighted by Gasteiger charge is 2.34. The predicted molar refractivity (Wildman–Crippen MR) is 530 cm³/mol. The zero-order chi connectivity index (χ0) is 91.1. The van der Waals surface area contributed by atoms with Crippen molar-refractivity contribution in [1.82, 2.24) is 62.0 Å². The number of halogens is 8. The highest BCUT2D eigenvalue weighted by molar-refractivity contribution is 6.38. The minimum atomic E-state index is -0.265. The predicted octanol–water partition coefficient (Wildman–Crippen LogP) is 15.4. The molecule has 1 unspecified atom stereocenters. The number of likely N-dealkylation sites (tertiary alicyclic amines) is 1. The average molecular weight is 1930 g/mol. The van der Waals surface area contributed by atoms with Crippen molar-refractivity contribution in [2.24, 2.45) is 22.9 Å². The molecule has 20 rings (SSSR count). The molecule has 0 saturated carbocycles. The first-order valence-corrected chi connectivity index (χ1v) is 47.6. The van der Waals surface area contributed by atoms with Crippen molar-refractivity contribution >= 4 is 156 Å². The molecule has 8 N–H and O–H groups in total. The van der Waals surface area contributed by atoms with E-state index in [1.165, 1.54) is 31.6 Å². The minimum absolute atomic E-state index is 0.118. The molecule has 8 aromatic heterocycles. The Morgan fingerprint density at radius 3 is 1.08 bits per heavy atom. The summed E-state index contributed by atoms with van der Waals surface area (Å²) >= 11 is 50.5. The van der Waals surface area contributed by atoms with Crippen molar-refractivity contribution in [3.63, 3.8) is 0 Å². The third kappa shape index (κ3) is 21.1. The van der Waals surface area contributed by atoms with Crippen LogP contribution in [0.3, 0.4) is 0 Å². The summed E-state index contributed by atoms with van der Waals surface area (Å²) in [7, 11) is 3.91. The highest BCUT2D eigenvalue weighted by Crippen LogP contribution is 2.41. The maximum Gasteiger partial charge on any atom is 0.251 e. The zero-order valence-corrected chi connectivity index (χ0v) is 79.4. The molecule has 5 aromatic carbocycles. The molecule has 688 valence electrons. The Morgan fingerprint density at radius 2 is 0.740 bits per heavy atom. The van der Waals surface area contributed by atoms with Gasteiger partial charge in [0.15, 0.2) is 0 Å². The summed E-state index contributed by atoms with van der Waals surface area (Å²) in [5, 5.41) is 4.81. The third-order valence-electron chi connectivity index (χ3n) is 26.0. The number of morpholine rings is 1. The molecule has 7 aliphatic rings. The molecule has 13 aromatic rings. The van der Waals surface area contributed by atoms with Gasteiger partial charge < -0.3 is 76.3 Å². The number of methoxy groups -OCH3 is 1. The van der Waals surface area contributed by atoms with Crippen LogP contribution in [0.15, 0.2) is 171 Å². The fourth-order valence-corrected chi connectivity index (χ4v) is 20.7. The Hall–Kier alpha value is -9.44. The number of hydrogen-bond donors (Lipinski definition) is 4. The number of benzene rings is 5. The summed E-state index contributed by atoms with van der Waals surface area (Å²) in [5.41, 5.74) is 40.4. The van der Waals surface area contributed by atoms with E-state index < -0.39 is 0 Å². The molecule has 35 heteroatoms. The van der Waals surface area contributed by atoms with Gasteiger partial charge >= 0.3 is 0 Å². The van der Waals surface area contributed by atoms with Crippen LogP contribution in [0.5, 0.6) is 5.75 Å². The number of carbonyl (C=O) groups excluding carboxylic acids is 2. The first-order valence-electron chi connectivity index (χ1n) is 44.6. The van der Waals surface area contributed by atoms with Crippen LogP contribution in [0.25, 0.3) is 67.1 Å². The Balaban J connectivity index is 0.000000122. The molecule has 27 nitrogen and oxygen atoms in total. The Kier molecular flexibility index (Phi) is 30.2. The summed E-state index contributed by atoms with van der Waals surface area (Å²) in [4.78, 5) is 66.8. The number of imidazole rings is 4. The Morgan fingerprint density at radius 1 is 0.389 bits per heavy atom. The smallest absolute Gasteiger partial charge is 0.251 e. The number of anilines is 5. The first-order chi connectivity index (χ1) is 63.7. The lowest BCUT2D eigenvalue weighted by Crippen LogP contribution is -2.53. The van der Waals surface area contributed by atoms with Gasteiger partial charge in [0.2, 0.25) is 5.91 Å². The second kappa shape index (κ2) is 42.4. The second-order valence-corrected chi connectivity index (χ2v) is 37.2. The van der Waals surface area contributed by atoms with Crippen molar-refractivity contribution in [3.05, 3.63) is 233 Å². The van der Waals surface area contributed by atoms with Crippen LogP contribution in [-0.2, 0) is 45.2 Å². The molecule has 0 bridgehead atoms. The number of nitrogens with two attached hydrogens (primary N) is 4. The first kappa shape index (κ1) is 93.4. The number of hydrogen-bond acceptors (Lipinski definition) is 21. The summed E-state index contributed by atoms with van der Waals surface area (Å²) in [6.07, 6.45) is 20.1. The van der Waals surface area contributed by atoms with E-state index in [0.29, 0.717) is 119 Å². The number of ether oxygens (including phenoxy) is 3. The summed E-state index contributed by atoms with van der Waals surface area (Å²) in [6, 6.07) is 39.2. The molecule has 7 saturated heterocycles. The molecule has 0 spiro atoms. The number of piperidine rings is 1. The molecule has 0 radical (unpaired) electrons. The van der Waals surface area contributed by atoms with Crippen LogP contribution in [-0.4, -0.2) is 257 Å². The number of nitrogens with zero attached hydrogens (tertiary/aromatic N) is 18. The lowest BCUT2D eigenvalue weighted by Gasteiger charge is -2.42. The topological polar surface area (TPSA) is 268 Å².